The Bertz CT molecular complexity index is 1560. The summed E-state index contributed by atoms with van der Waals surface area (Å²) in [5.74, 6) is 1.57. The second-order valence-corrected chi connectivity index (χ2v) is 11.0. The third-order valence-electron chi connectivity index (χ3n) is 6.37. The summed E-state index contributed by atoms with van der Waals surface area (Å²) >= 11 is 1.35. The van der Waals surface area contributed by atoms with Crippen LogP contribution in [-0.2, 0) is 10.2 Å². The van der Waals surface area contributed by atoms with Gasteiger partial charge in [-0.25, -0.2) is 0 Å². The molecule has 0 saturated heterocycles. The van der Waals surface area contributed by atoms with Crippen LogP contribution in [0, 0.1) is 0 Å². The molecule has 0 fully saturated rings. The van der Waals surface area contributed by atoms with Crippen molar-refractivity contribution in [1.29, 1.82) is 0 Å². The minimum Gasteiger partial charge on any atom is -0.497 e. The maximum Gasteiger partial charge on any atom is 0.234 e. The number of amides is 1. The van der Waals surface area contributed by atoms with E-state index < -0.39 is 0 Å². The van der Waals surface area contributed by atoms with Crippen LogP contribution < -0.4 is 10.1 Å². The number of aromatic nitrogens is 3. The molecule has 7 heteroatoms. The molecule has 0 radical (unpaired) electrons. The Morgan fingerprint density at radius 2 is 1.61 bits per heavy atom. The van der Waals surface area contributed by atoms with Crippen molar-refractivity contribution in [3.05, 3.63) is 96.6 Å². The highest BCUT2D eigenvalue weighted by Gasteiger charge is 2.19. The second-order valence-electron chi connectivity index (χ2n) is 10.0. The van der Waals surface area contributed by atoms with Crippen LogP contribution >= 0.6 is 11.8 Å². The number of rotatable bonds is 7. The van der Waals surface area contributed by atoms with E-state index in [0.717, 1.165) is 33.5 Å². The Hall–Kier alpha value is -4.10. The highest BCUT2D eigenvalue weighted by Crippen LogP contribution is 2.31. The molecule has 0 saturated carbocycles. The summed E-state index contributed by atoms with van der Waals surface area (Å²) in [5.41, 5.74) is 3.94. The maximum absolute atomic E-state index is 13.0. The molecule has 1 heterocycles. The molecule has 1 amide bonds. The fraction of sp³-hybridized carbons (Fsp3) is 0.194. The Balaban J connectivity index is 1.42. The Kier molecular flexibility index (Phi) is 7.20. The summed E-state index contributed by atoms with van der Waals surface area (Å²) in [6.45, 7) is 6.58. The molecular formula is C31H30N4O2S. The molecular weight excluding hydrogens is 492 g/mol. The van der Waals surface area contributed by atoms with Gasteiger partial charge in [-0.15, -0.1) is 10.2 Å². The first-order chi connectivity index (χ1) is 18.3. The maximum atomic E-state index is 13.0. The van der Waals surface area contributed by atoms with Gasteiger partial charge in [0.05, 0.1) is 12.9 Å². The van der Waals surface area contributed by atoms with E-state index in [-0.39, 0.29) is 17.1 Å². The zero-order chi connectivity index (χ0) is 26.7. The Morgan fingerprint density at radius 1 is 0.895 bits per heavy atom. The minimum atomic E-state index is -0.105. The van der Waals surface area contributed by atoms with Crippen LogP contribution in [0.4, 0.5) is 5.69 Å². The van der Waals surface area contributed by atoms with Gasteiger partial charge in [-0.2, -0.15) is 0 Å². The molecule has 0 aliphatic carbocycles. The zero-order valence-electron chi connectivity index (χ0n) is 21.9. The van der Waals surface area contributed by atoms with E-state index in [4.69, 9.17) is 4.74 Å². The van der Waals surface area contributed by atoms with Crippen LogP contribution in [0.1, 0.15) is 26.3 Å². The molecule has 38 heavy (non-hydrogen) atoms. The van der Waals surface area contributed by atoms with Crippen LogP contribution in [0.25, 0.3) is 27.8 Å². The molecule has 1 N–H and O–H groups in total. The van der Waals surface area contributed by atoms with Crippen LogP contribution in [0.2, 0.25) is 0 Å². The van der Waals surface area contributed by atoms with Gasteiger partial charge in [-0.05, 0) is 46.7 Å². The summed E-state index contributed by atoms with van der Waals surface area (Å²) in [6, 6.07) is 30.1. The van der Waals surface area contributed by atoms with Gasteiger partial charge in [0, 0.05) is 22.3 Å². The minimum absolute atomic E-state index is 0.0562. The molecule has 1 aromatic heterocycles. The second kappa shape index (κ2) is 10.7. The van der Waals surface area contributed by atoms with Crippen LogP contribution in [0.3, 0.4) is 0 Å². The van der Waals surface area contributed by atoms with Gasteiger partial charge in [0.15, 0.2) is 11.0 Å². The fourth-order valence-electron chi connectivity index (χ4n) is 4.28. The summed E-state index contributed by atoms with van der Waals surface area (Å²) in [6.07, 6.45) is 0. The van der Waals surface area contributed by atoms with Crippen LogP contribution in [0.5, 0.6) is 5.75 Å². The van der Waals surface area contributed by atoms with Gasteiger partial charge < -0.3 is 10.1 Å². The van der Waals surface area contributed by atoms with Gasteiger partial charge >= 0.3 is 0 Å². The number of nitrogens with zero attached hydrogens (tertiary/aromatic N) is 3. The van der Waals surface area contributed by atoms with E-state index in [9.17, 15) is 4.79 Å². The van der Waals surface area contributed by atoms with Gasteiger partial charge in [-0.1, -0.05) is 93.2 Å². The Labute approximate surface area is 227 Å². The molecule has 0 atom stereocenters. The van der Waals surface area contributed by atoms with Crippen LogP contribution in [0.15, 0.2) is 96.2 Å². The lowest BCUT2D eigenvalue weighted by Crippen LogP contribution is -2.14. The van der Waals surface area contributed by atoms with E-state index in [1.807, 2.05) is 71.3 Å². The van der Waals surface area contributed by atoms with Crippen molar-refractivity contribution in [2.24, 2.45) is 0 Å². The Morgan fingerprint density at radius 3 is 2.32 bits per heavy atom. The van der Waals surface area contributed by atoms with Crippen molar-refractivity contribution >= 4 is 34.1 Å². The predicted molar refractivity (Wildman–Crippen MR) is 155 cm³/mol. The highest BCUT2D eigenvalue weighted by molar-refractivity contribution is 7.99. The number of nitrogens with one attached hydrogen (secondary N) is 1. The standard InChI is InChI=1S/C31H30N4O2S/c1-31(2,3)23-14-12-22(13-15-23)29-33-34-30(35(29)24-16-18-25(37-4)19-17-24)38-20-28(36)32-27-11-7-9-21-8-5-6-10-26(21)27/h5-19H,20H2,1-4H3,(H,32,36). The SMILES string of the molecule is COc1ccc(-n2c(SCC(=O)Nc3cccc4ccccc34)nnc2-c2ccc(C(C)(C)C)cc2)cc1. The molecule has 5 aromatic rings. The van der Waals surface area contributed by atoms with Crippen molar-refractivity contribution in [1.82, 2.24) is 14.8 Å². The lowest BCUT2D eigenvalue weighted by molar-refractivity contribution is -0.113. The van der Waals surface area contributed by atoms with Crippen LogP contribution in [-0.4, -0.2) is 33.5 Å². The summed E-state index contributed by atoms with van der Waals surface area (Å²) in [5, 5.41) is 14.8. The van der Waals surface area contributed by atoms with E-state index in [2.05, 4.69) is 60.6 Å². The van der Waals surface area contributed by atoms with E-state index in [0.29, 0.717) is 11.0 Å². The summed E-state index contributed by atoms with van der Waals surface area (Å²) < 4.78 is 7.33. The van der Waals surface area contributed by atoms with Gasteiger partial charge in [-0.3, -0.25) is 9.36 Å². The average molecular weight is 523 g/mol. The van der Waals surface area contributed by atoms with E-state index in [1.54, 1.807) is 7.11 Å². The van der Waals surface area contributed by atoms with Crippen molar-refractivity contribution in [2.75, 3.05) is 18.2 Å². The lowest BCUT2D eigenvalue weighted by Gasteiger charge is -2.19. The first-order valence-corrected chi connectivity index (χ1v) is 13.4. The topological polar surface area (TPSA) is 69.0 Å². The molecule has 0 bridgehead atoms. The van der Waals surface area contributed by atoms with Gasteiger partial charge in [0.2, 0.25) is 5.91 Å². The number of carbonyl (C=O) groups excluding carboxylic acids is 1. The largest absolute Gasteiger partial charge is 0.497 e. The third-order valence-corrected chi connectivity index (χ3v) is 7.30. The zero-order valence-corrected chi connectivity index (χ0v) is 22.8. The molecule has 6 nitrogen and oxygen atoms in total. The number of thioether (sulfide) groups is 1. The van der Waals surface area contributed by atoms with Crippen molar-refractivity contribution in [2.45, 2.75) is 31.3 Å². The molecule has 5 rings (SSSR count). The fourth-order valence-corrected chi connectivity index (χ4v) is 5.04. The smallest absolute Gasteiger partial charge is 0.234 e. The van der Waals surface area contributed by atoms with E-state index >= 15 is 0 Å². The molecule has 0 aliphatic rings. The number of benzene rings is 4. The average Bonchev–Trinajstić information content (AvgIpc) is 3.36. The normalized spacial score (nSPS) is 11.5. The number of fused-ring (bicyclic) bond motifs is 1. The predicted octanol–water partition coefficient (Wildman–Crippen LogP) is 7.12. The monoisotopic (exact) mass is 522 g/mol. The quantitative estimate of drug-likeness (QED) is 0.230. The molecule has 0 unspecified atom stereocenters. The van der Waals surface area contributed by atoms with Gasteiger partial charge in [0.25, 0.3) is 0 Å². The lowest BCUT2D eigenvalue weighted by atomic mass is 9.87. The number of hydrogen-bond acceptors (Lipinski definition) is 5. The van der Waals surface area contributed by atoms with Crippen molar-refractivity contribution in [3.63, 3.8) is 0 Å². The summed E-state index contributed by atoms with van der Waals surface area (Å²) in [7, 11) is 1.64. The number of ether oxygens (including phenoxy) is 1. The summed E-state index contributed by atoms with van der Waals surface area (Å²) in [4.78, 5) is 13.0. The molecule has 4 aromatic carbocycles. The van der Waals surface area contributed by atoms with Crippen molar-refractivity contribution in [3.8, 4) is 22.8 Å². The number of anilines is 1. The number of methoxy groups -OCH3 is 1. The van der Waals surface area contributed by atoms with E-state index in [1.165, 1.54) is 17.3 Å². The van der Waals surface area contributed by atoms with Crippen molar-refractivity contribution < 1.29 is 9.53 Å². The molecule has 0 aliphatic heterocycles. The molecule has 192 valence electrons. The number of carbonyl (C=O) groups is 1. The highest BCUT2D eigenvalue weighted by atomic mass is 32.2. The molecule has 0 spiro atoms. The third kappa shape index (κ3) is 5.43. The first-order valence-electron chi connectivity index (χ1n) is 12.4. The van der Waals surface area contributed by atoms with Gasteiger partial charge in [0.1, 0.15) is 5.75 Å². The first kappa shape index (κ1) is 25.5. The number of hydrogen-bond donors (Lipinski definition) is 1.